The molecule has 1 rings (SSSR count). The lowest BCUT2D eigenvalue weighted by atomic mass is 10.2. The Labute approximate surface area is 122 Å². The first-order valence-corrected chi connectivity index (χ1v) is 10.3. The first-order chi connectivity index (χ1) is 9.40. The number of hydrogen-bond acceptors (Lipinski definition) is 3. The number of aliphatic hydroxyl groups is 1. The van der Waals surface area contributed by atoms with Gasteiger partial charge in [0.15, 0.2) is 0 Å². The van der Waals surface area contributed by atoms with Gasteiger partial charge in [0.25, 0.3) is 0 Å². The Balaban J connectivity index is 2.27. The SMILES string of the molecule is COc1ccc(COCC(O)CC#C[Si](C)(C)C)cc1. The van der Waals surface area contributed by atoms with Crippen molar-refractivity contribution >= 4 is 8.07 Å². The van der Waals surface area contributed by atoms with Crippen molar-refractivity contribution < 1.29 is 14.6 Å². The summed E-state index contributed by atoms with van der Waals surface area (Å²) in [6.07, 6.45) is -0.0375. The number of aliphatic hydroxyl groups excluding tert-OH is 1. The van der Waals surface area contributed by atoms with Crippen molar-refractivity contribution in [2.45, 2.75) is 38.8 Å². The summed E-state index contributed by atoms with van der Waals surface area (Å²) >= 11 is 0. The van der Waals surface area contributed by atoms with Gasteiger partial charge in [0.2, 0.25) is 0 Å². The average molecular weight is 292 g/mol. The van der Waals surface area contributed by atoms with E-state index >= 15 is 0 Å². The molecule has 0 saturated heterocycles. The molecule has 0 bridgehead atoms. The van der Waals surface area contributed by atoms with E-state index in [1.165, 1.54) is 0 Å². The molecular formula is C16H24O3Si. The van der Waals surface area contributed by atoms with Crippen molar-refractivity contribution in [1.29, 1.82) is 0 Å². The molecule has 20 heavy (non-hydrogen) atoms. The summed E-state index contributed by atoms with van der Waals surface area (Å²) in [5.74, 6) is 3.88. The van der Waals surface area contributed by atoms with Crippen molar-refractivity contribution in [2.24, 2.45) is 0 Å². The van der Waals surface area contributed by atoms with Gasteiger partial charge in [-0.25, -0.2) is 0 Å². The second-order valence-corrected chi connectivity index (χ2v) is 10.5. The Bertz CT molecular complexity index is 451. The third-order valence-corrected chi connectivity index (χ3v) is 3.47. The fourth-order valence-corrected chi connectivity index (χ4v) is 2.16. The van der Waals surface area contributed by atoms with Crippen LogP contribution in [0.2, 0.25) is 19.6 Å². The predicted molar refractivity (Wildman–Crippen MR) is 84.4 cm³/mol. The summed E-state index contributed by atoms with van der Waals surface area (Å²) in [5.41, 5.74) is 4.29. The number of ether oxygens (including phenoxy) is 2. The van der Waals surface area contributed by atoms with Gasteiger partial charge >= 0.3 is 0 Å². The third-order valence-electron chi connectivity index (χ3n) is 2.54. The van der Waals surface area contributed by atoms with E-state index < -0.39 is 14.2 Å². The van der Waals surface area contributed by atoms with Crippen molar-refractivity contribution in [3.63, 3.8) is 0 Å². The van der Waals surface area contributed by atoms with Crippen LogP contribution < -0.4 is 4.74 Å². The molecular weight excluding hydrogens is 268 g/mol. The van der Waals surface area contributed by atoms with Crippen LogP contribution in [0.3, 0.4) is 0 Å². The van der Waals surface area contributed by atoms with Gasteiger partial charge in [0.1, 0.15) is 13.8 Å². The molecule has 3 nitrogen and oxygen atoms in total. The second-order valence-electron chi connectivity index (χ2n) is 5.77. The second kappa shape index (κ2) is 8.10. The minimum atomic E-state index is -1.34. The smallest absolute Gasteiger partial charge is 0.129 e. The van der Waals surface area contributed by atoms with Crippen molar-refractivity contribution in [2.75, 3.05) is 13.7 Å². The van der Waals surface area contributed by atoms with E-state index in [-0.39, 0.29) is 0 Å². The van der Waals surface area contributed by atoms with Crippen molar-refractivity contribution in [3.05, 3.63) is 29.8 Å². The summed E-state index contributed by atoms with van der Waals surface area (Å²) in [7, 11) is 0.300. The van der Waals surface area contributed by atoms with Gasteiger partial charge in [-0.2, -0.15) is 0 Å². The lowest BCUT2D eigenvalue weighted by Crippen LogP contribution is -2.18. The van der Waals surface area contributed by atoms with E-state index in [0.717, 1.165) is 11.3 Å². The van der Waals surface area contributed by atoms with Gasteiger partial charge < -0.3 is 14.6 Å². The largest absolute Gasteiger partial charge is 0.497 e. The number of methoxy groups -OCH3 is 1. The standard InChI is InChI=1S/C16H24O3Si/c1-18-16-9-7-14(8-10-16)12-19-13-15(17)6-5-11-20(2,3)4/h7-10,15,17H,6,12-13H2,1-4H3. The minimum absolute atomic E-state index is 0.312. The number of benzene rings is 1. The summed E-state index contributed by atoms with van der Waals surface area (Å²) < 4.78 is 10.6. The van der Waals surface area contributed by atoms with E-state index in [0.29, 0.717) is 19.6 Å². The van der Waals surface area contributed by atoms with Gasteiger partial charge in [-0.1, -0.05) is 31.8 Å². The molecule has 4 heteroatoms. The maximum atomic E-state index is 9.77. The molecule has 0 spiro atoms. The van der Waals surface area contributed by atoms with E-state index in [9.17, 15) is 5.11 Å². The highest BCUT2D eigenvalue weighted by Crippen LogP contribution is 2.12. The zero-order valence-electron chi connectivity index (χ0n) is 12.8. The Morgan fingerprint density at radius 3 is 2.40 bits per heavy atom. The molecule has 0 aliphatic rings. The highest BCUT2D eigenvalue weighted by molar-refractivity contribution is 6.83. The molecule has 0 aliphatic carbocycles. The maximum Gasteiger partial charge on any atom is 0.129 e. The Hall–Kier alpha value is -1.28. The zero-order chi connectivity index (χ0) is 15.0. The third kappa shape index (κ3) is 7.34. The molecule has 1 aromatic rings. The summed E-state index contributed by atoms with van der Waals surface area (Å²) in [5, 5.41) is 9.77. The van der Waals surface area contributed by atoms with Crippen LogP contribution in [0.25, 0.3) is 0 Å². The average Bonchev–Trinajstić information content (AvgIpc) is 2.38. The molecule has 0 radical (unpaired) electrons. The normalized spacial score (nSPS) is 12.4. The molecule has 110 valence electrons. The predicted octanol–water partition coefficient (Wildman–Crippen LogP) is 2.84. The van der Waals surface area contributed by atoms with Crippen LogP contribution in [0.5, 0.6) is 5.75 Å². The van der Waals surface area contributed by atoms with Crippen LogP contribution in [-0.4, -0.2) is 33.0 Å². The van der Waals surface area contributed by atoms with Gasteiger partial charge in [0.05, 0.1) is 26.4 Å². The lowest BCUT2D eigenvalue weighted by Gasteiger charge is -2.09. The summed E-state index contributed by atoms with van der Waals surface area (Å²) in [6, 6.07) is 7.70. The molecule has 1 unspecified atom stereocenters. The Kier molecular flexibility index (Phi) is 6.80. The van der Waals surface area contributed by atoms with Gasteiger partial charge in [-0.3, -0.25) is 0 Å². The van der Waals surface area contributed by atoms with Crippen LogP contribution in [0, 0.1) is 11.5 Å². The number of rotatable bonds is 6. The monoisotopic (exact) mass is 292 g/mol. The fourth-order valence-electron chi connectivity index (χ4n) is 1.53. The van der Waals surface area contributed by atoms with E-state index in [1.807, 2.05) is 24.3 Å². The summed E-state index contributed by atoms with van der Waals surface area (Å²) in [6.45, 7) is 7.36. The lowest BCUT2D eigenvalue weighted by molar-refractivity contribution is 0.0311. The first kappa shape index (κ1) is 16.8. The van der Waals surface area contributed by atoms with Crippen LogP contribution in [0.4, 0.5) is 0 Å². The van der Waals surface area contributed by atoms with Crippen LogP contribution >= 0.6 is 0 Å². The molecule has 1 aromatic carbocycles. The van der Waals surface area contributed by atoms with Crippen LogP contribution in [0.1, 0.15) is 12.0 Å². The Morgan fingerprint density at radius 2 is 1.85 bits per heavy atom. The highest BCUT2D eigenvalue weighted by Gasteiger charge is 2.08. The molecule has 0 fully saturated rings. The molecule has 1 atom stereocenters. The van der Waals surface area contributed by atoms with Gasteiger partial charge in [0, 0.05) is 6.42 Å². The molecule has 0 saturated carbocycles. The van der Waals surface area contributed by atoms with Gasteiger partial charge in [-0.15, -0.1) is 11.5 Å². The van der Waals surface area contributed by atoms with Crippen molar-refractivity contribution in [3.8, 4) is 17.2 Å². The van der Waals surface area contributed by atoms with Crippen LogP contribution in [-0.2, 0) is 11.3 Å². The zero-order valence-corrected chi connectivity index (χ0v) is 13.8. The topological polar surface area (TPSA) is 38.7 Å². The fraction of sp³-hybridized carbons (Fsp3) is 0.500. The highest BCUT2D eigenvalue weighted by atomic mass is 28.3. The minimum Gasteiger partial charge on any atom is -0.497 e. The van der Waals surface area contributed by atoms with E-state index in [2.05, 4.69) is 31.1 Å². The van der Waals surface area contributed by atoms with Gasteiger partial charge in [-0.05, 0) is 17.7 Å². The number of hydrogen-bond donors (Lipinski definition) is 1. The molecule has 0 heterocycles. The van der Waals surface area contributed by atoms with E-state index in [4.69, 9.17) is 9.47 Å². The van der Waals surface area contributed by atoms with E-state index in [1.54, 1.807) is 7.11 Å². The molecule has 0 aliphatic heterocycles. The maximum absolute atomic E-state index is 9.77. The molecule has 0 aromatic heterocycles. The quantitative estimate of drug-likeness (QED) is 0.647. The summed E-state index contributed by atoms with van der Waals surface area (Å²) in [4.78, 5) is 0. The van der Waals surface area contributed by atoms with Crippen LogP contribution in [0.15, 0.2) is 24.3 Å². The first-order valence-electron chi connectivity index (χ1n) is 6.79. The Morgan fingerprint density at radius 1 is 1.20 bits per heavy atom. The molecule has 0 amide bonds. The molecule has 1 N–H and O–H groups in total. The van der Waals surface area contributed by atoms with Crippen molar-refractivity contribution in [1.82, 2.24) is 0 Å².